The van der Waals surface area contributed by atoms with Crippen LogP contribution < -0.4 is 21.5 Å². The summed E-state index contributed by atoms with van der Waals surface area (Å²) >= 11 is 0. The van der Waals surface area contributed by atoms with Crippen molar-refractivity contribution in [3.05, 3.63) is 75.5 Å². The van der Waals surface area contributed by atoms with E-state index >= 15 is 0 Å². The summed E-state index contributed by atoms with van der Waals surface area (Å²) in [6, 6.07) is 9.92. The molecule has 37 heavy (non-hydrogen) atoms. The standard InChI is InChI=1S/C27H34N6O4/c1-17-15-30-23(29-13-12-19-10-8-7-9-11-19)25(35)33(17)24-22(32-26(36)37-27(3,4)5)18(2)20(16-31-24)14-21(34)28-6/h7-11,15-16H,12-14H2,1-6H3,(H,28,34)(H,29,30)(H,32,36). The summed E-state index contributed by atoms with van der Waals surface area (Å²) in [6.07, 6.45) is 3.19. The number of rotatable bonds is 8. The minimum Gasteiger partial charge on any atom is -0.444 e. The van der Waals surface area contributed by atoms with E-state index in [1.54, 1.807) is 47.9 Å². The molecule has 0 fully saturated rings. The van der Waals surface area contributed by atoms with Gasteiger partial charge in [0.25, 0.3) is 5.56 Å². The number of hydrogen-bond donors (Lipinski definition) is 3. The van der Waals surface area contributed by atoms with Crippen LogP contribution in [0.25, 0.3) is 5.82 Å². The molecule has 10 heteroatoms. The van der Waals surface area contributed by atoms with Crippen molar-refractivity contribution in [2.24, 2.45) is 0 Å². The van der Waals surface area contributed by atoms with Crippen molar-refractivity contribution in [2.45, 2.75) is 53.1 Å². The molecule has 3 rings (SSSR count). The second-order valence-corrected chi connectivity index (χ2v) is 9.64. The van der Waals surface area contributed by atoms with E-state index in [0.717, 1.165) is 5.56 Å². The van der Waals surface area contributed by atoms with Crippen molar-refractivity contribution in [2.75, 3.05) is 24.2 Å². The van der Waals surface area contributed by atoms with E-state index in [4.69, 9.17) is 4.74 Å². The minimum atomic E-state index is -0.732. The second-order valence-electron chi connectivity index (χ2n) is 9.64. The van der Waals surface area contributed by atoms with Crippen molar-refractivity contribution >= 4 is 23.5 Å². The molecule has 10 nitrogen and oxygen atoms in total. The number of carbonyl (C=O) groups is 2. The highest BCUT2D eigenvalue weighted by Crippen LogP contribution is 2.27. The summed E-state index contributed by atoms with van der Waals surface area (Å²) in [6.45, 7) is 9.27. The monoisotopic (exact) mass is 506 g/mol. The Morgan fingerprint density at radius 2 is 1.76 bits per heavy atom. The maximum Gasteiger partial charge on any atom is 0.412 e. The Hall–Kier alpha value is -4.21. The highest BCUT2D eigenvalue weighted by atomic mass is 16.6. The van der Waals surface area contributed by atoms with E-state index in [1.165, 1.54) is 10.8 Å². The lowest BCUT2D eigenvalue weighted by Crippen LogP contribution is -2.30. The van der Waals surface area contributed by atoms with Gasteiger partial charge in [0.1, 0.15) is 5.60 Å². The van der Waals surface area contributed by atoms with Gasteiger partial charge in [0.2, 0.25) is 5.91 Å². The third-order valence-corrected chi connectivity index (χ3v) is 5.58. The van der Waals surface area contributed by atoms with Crippen LogP contribution in [0.5, 0.6) is 0 Å². The fourth-order valence-electron chi connectivity index (χ4n) is 3.68. The van der Waals surface area contributed by atoms with Crippen LogP contribution in [0.15, 0.2) is 47.5 Å². The minimum absolute atomic E-state index is 0.0646. The number of anilines is 2. The molecular formula is C27H34N6O4. The smallest absolute Gasteiger partial charge is 0.412 e. The molecule has 0 saturated carbocycles. The van der Waals surface area contributed by atoms with Crippen LogP contribution in [0.4, 0.5) is 16.3 Å². The highest BCUT2D eigenvalue weighted by Gasteiger charge is 2.23. The van der Waals surface area contributed by atoms with E-state index in [0.29, 0.717) is 29.8 Å². The lowest BCUT2D eigenvalue weighted by molar-refractivity contribution is -0.119. The number of nitrogens with one attached hydrogen (secondary N) is 3. The first-order valence-electron chi connectivity index (χ1n) is 12.1. The largest absolute Gasteiger partial charge is 0.444 e. The Labute approximate surface area is 216 Å². The van der Waals surface area contributed by atoms with Gasteiger partial charge in [0.05, 0.1) is 12.1 Å². The number of nitrogens with zero attached hydrogens (tertiary/aromatic N) is 3. The number of amides is 2. The number of hydrogen-bond acceptors (Lipinski definition) is 7. The average Bonchev–Trinajstić information content (AvgIpc) is 2.83. The van der Waals surface area contributed by atoms with Gasteiger partial charge in [0.15, 0.2) is 11.6 Å². The summed E-state index contributed by atoms with van der Waals surface area (Å²) in [4.78, 5) is 47.0. The Morgan fingerprint density at radius 3 is 2.41 bits per heavy atom. The van der Waals surface area contributed by atoms with E-state index in [1.807, 2.05) is 30.3 Å². The Kier molecular flexibility index (Phi) is 8.65. The molecule has 0 bridgehead atoms. The first-order valence-corrected chi connectivity index (χ1v) is 12.1. The Bertz CT molecular complexity index is 1330. The molecule has 0 atom stereocenters. The van der Waals surface area contributed by atoms with Gasteiger partial charge in [-0.1, -0.05) is 30.3 Å². The SMILES string of the molecule is CNC(=O)Cc1cnc(-n2c(C)cnc(NCCc3ccccc3)c2=O)c(NC(=O)OC(C)(C)C)c1C. The molecule has 3 aromatic rings. The molecule has 0 unspecified atom stereocenters. The van der Waals surface area contributed by atoms with E-state index < -0.39 is 17.3 Å². The number of likely N-dealkylation sites (N-methyl/N-ethyl adjacent to an activating group) is 1. The van der Waals surface area contributed by atoms with Crippen LogP contribution in [0.1, 0.15) is 43.2 Å². The predicted octanol–water partition coefficient (Wildman–Crippen LogP) is 3.53. The number of pyridine rings is 1. The molecule has 0 spiro atoms. The van der Waals surface area contributed by atoms with Crippen molar-refractivity contribution in [1.82, 2.24) is 19.9 Å². The second kappa shape index (κ2) is 11.7. The molecule has 3 N–H and O–H groups in total. The zero-order valence-electron chi connectivity index (χ0n) is 22.1. The number of aryl methyl sites for hydroxylation is 1. The van der Waals surface area contributed by atoms with Gasteiger partial charge in [-0.2, -0.15) is 0 Å². The topological polar surface area (TPSA) is 127 Å². The van der Waals surface area contributed by atoms with E-state index in [-0.39, 0.29) is 29.7 Å². The molecule has 0 aliphatic carbocycles. The molecule has 2 aromatic heterocycles. The molecule has 1 aromatic carbocycles. The maximum atomic E-state index is 13.5. The van der Waals surface area contributed by atoms with Gasteiger partial charge in [0, 0.05) is 31.7 Å². The summed E-state index contributed by atoms with van der Waals surface area (Å²) in [5.41, 5.74) is 2.00. The quantitative estimate of drug-likeness (QED) is 0.426. The molecular weight excluding hydrogens is 472 g/mol. The highest BCUT2D eigenvalue weighted by molar-refractivity contribution is 5.89. The zero-order valence-corrected chi connectivity index (χ0v) is 22.1. The van der Waals surface area contributed by atoms with Gasteiger partial charge < -0.3 is 15.4 Å². The number of ether oxygens (including phenoxy) is 1. The molecule has 0 saturated heterocycles. The van der Waals surface area contributed by atoms with Crippen LogP contribution >= 0.6 is 0 Å². The van der Waals surface area contributed by atoms with Crippen molar-refractivity contribution < 1.29 is 14.3 Å². The van der Waals surface area contributed by atoms with Gasteiger partial charge in [-0.05, 0) is 57.7 Å². The molecule has 2 amide bonds. The van der Waals surface area contributed by atoms with Gasteiger partial charge in [-0.25, -0.2) is 14.8 Å². The number of carbonyl (C=O) groups excluding carboxylic acids is 2. The first-order chi connectivity index (χ1) is 17.5. The van der Waals surface area contributed by atoms with Gasteiger partial charge in [-0.3, -0.25) is 19.5 Å². The van der Waals surface area contributed by atoms with Gasteiger partial charge >= 0.3 is 6.09 Å². The number of aromatic nitrogens is 3. The van der Waals surface area contributed by atoms with Gasteiger partial charge in [-0.15, -0.1) is 0 Å². The van der Waals surface area contributed by atoms with Crippen LogP contribution in [0.2, 0.25) is 0 Å². The third-order valence-electron chi connectivity index (χ3n) is 5.58. The van der Waals surface area contributed by atoms with Crippen LogP contribution in [-0.4, -0.2) is 45.7 Å². The lowest BCUT2D eigenvalue weighted by Gasteiger charge is -2.22. The molecule has 0 aliphatic rings. The summed E-state index contributed by atoms with van der Waals surface area (Å²) in [5.74, 6) is 0.168. The van der Waals surface area contributed by atoms with Crippen LogP contribution in [-0.2, 0) is 22.4 Å². The normalized spacial score (nSPS) is 11.1. The first kappa shape index (κ1) is 27.4. The molecule has 0 radical (unpaired) electrons. The van der Waals surface area contributed by atoms with Crippen molar-refractivity contribution in [3.8, 4) is 5.82 Å². The fraction of sp³-hybridized carbons (Fsp3) is 0.370. The molecule has 196 valence electrons. The van der Waals surface area contributed by atoms with E-state index in [9.17, 15) is 14.4 Å². The molecule has 2 heterocycles. The lowest BCUT2D eigenvalue weighted by atomic mass is 10.1. The van der Waals surface area contributed by atoms with Crippen LogP contribution in [0, 0.1) is 13.8 Å². The summed E-state index contributed by atoms with van der Waals surface area (Å²) in [7, 11) is 1.55. The Balaban J connectivity index is 2.02. The average molecular weight is 507 g/mol. The fourth-order valence-corrected chi connectivity index (χ4v) is 3.68. The maximum absolute atomic E-state index is 13.5. The molecule has 0 aliphatic heterocycles. The van der Waals surface area contributed by atoms with Crippen molar-refractivity contribution in [1.29, 1.82) is 0 Å². The number of benzene rings is 1. The Morgan fingerprint density at radius 1 is 1.05 bits per heavy atom. The zero-order chi connectivity index (χ0) is 27.2. The van der Waals surface area contributed by atoms with E-state index in [2.05, 4.69) is 25.9 Å². The summed E-state index contributed by atoms with van der Waals surface area (Å²) in [5, 5.41) is 8.45. The van der Waals surface area contributed by atoms with Crippen LogP contribution in [0.3, 0.4) is 0 Å². The van der Waals surface area contributed by atoms with Crippen molar-refractivity contribution in [3.63, 3.8) is 0 Å². The summed E-state index contributed by atoms with van der Waals surface area (Å²) < 4.78 is 6.83. The predicted molar refractivity (Wildman–Crippen MR) is 143 cm³/mol. The third kappa shape index (κ3) is 7.16.